The van der Waals surface area contributed by atoms with Crippen molar-refractivity contribution in [3.05, 3.63) is 47.0 Å². The number of nitrogens with zero attached hydrogens (tertiary/aromatic N) is 3. The molecule has 0 N–H and O–H groups in total. The molecule has 1 aliphatic heterocycles. The molecule has 0 atom stereocenters. The zero-order valence-electron chi connectivity index (χ0n) is 14.1. The van der Waals surface area contributed by atoms with Crippen LogP contribution < -0.4 is 9.47 Å². The summed E-state index contributed by atoms with van der Waals surface area (Å²) in [5.74, 6) is 2.13. The van der Waals surface area contributed by atoms with Gasteiger partial charge >= 0.3 is 6.09 Å². The van der Waals surface area contributed by atoms with Crippen molar-refractivity contribution >= 4 is 17.4 Å². The predicted molar refractivity (Wildman–Crippen MR) is 95.6 cm³/mol. The number of rotatable bonds is 5. The number of ether oxygens (including phenoxy) is 2. The molecule has 0 aliphatic carbocycles. The van der Waals surface area contributed by atoms with E-state index >= 15 is 0 Å². The lowest BCUT2D eigenvalue weighted by Gasteiger charge is -2.35. The van der Waals surface area contributed by atoms with Crippen LogP contribution in [-0.4, -0.2) is 40.8 Å². The van der Waals surface area contributed by atoms with Crippen LogP contribution in [0.15, 0.2) is 45.6 Å². The lowest BCUT2D eigenvalue weighted by Crippen LogP contribution is -2.49. The molecule has 3 heterocycles. The molecule has 3 aromatic rings. The Bertz CT molecular complexity index is 887. The third kappa shape index (κ3) is 3.28. The first-order chi connectivity index (χ1) is 12.7. The molecule has 8 heteroatoms. The molecule has 1 saturated heterocycles. The zero-order valence-corrected chi connectivity index (χ0v) is 14.9. The molecule has 26 heavy (non-hydrogen) atoms. The van der Waals surface area contributed by atoms with E-state index in [1.807, 2.05) is 29.8 Å². The summed E-state index contributed by atoms with van der Waals surface area (Å²) in [7, 11) is 0. The van der Waals surface area contributed by atoms with Crippen molar-refractivity contribution in [3.8, 4) is 22.9 Å². The monoisotopic (exact) mass is 371 g/mol. The fraction of sp³-hybridized carbons (Fsp3) is 0.278. The van der Waals surface area contributed by atoms with Crippen molar-refractivity contribution in [3.63, 3.8) is 0 Å². The smallest absolute Gasteiger partial charge is 0.415 e. The van der Waals surface area contributed by atoms with Crippen LogP contribution in [-0.2, 0) is 0 Å². The third-order valence-corrected chi connectivity index (χ3v) is 4.74. The van der Waals surface area contributed by atoms with Gasteiger partial charge in [0.2, 0.25) is 11.7 Å². The van der Waals surface area contributed by atoms with Crippen LogP contribution in [0.2, 0.25) is 0 Å². The topological polar surface area (TPSA) is 77.7 Å². The first-order valence-corrected chi connectivity index (χ1v) is 9.23. The summed E-state index contributed by atoms with van der Waals surface area (Å²) in [6, 6.07) is 9.07. The van der Waals surface area contributed by atoms with Crippen LogP contribution in [0, 0.1) is 0 Å². The predicted octanol–water partition coefficient (Wildman–Crippen LogP) is 3.80. The quantitative estimate of drug-likeness (QED) is 0.679. The van der Waals surface area contributed by atoms with Crippen LogP contribution >= 0.6 is 11.3 Å². The molecule has 134 valence electrons. The highest BCUT2D eigenvalue weighted by atomic mass is 32.1. The largest absolute Gasteiger partial charge is 0.490 e. The molecular weight excluding hydrogens is 354 g/mol. The van der Waals surface area contributed by atoms with Crippen LogP contribution in [0.25, 0.3) is 11.4 Å². The molecule has 0 radical (unpaired) electrons. The van der Waals surface area contributed by atoms with Gasteiger partial charge in [-0.25, -0.2) is 4.79 Å². The molecule has 1 amide bonds. The molecular formula is C18H17N3O4S. The van der Waals surface area contributed by atoms with Gasteiger partial charge in [-0.1, -0.05) is 17.3 Å². The maximum Gasteiger partial charge on any atom is 0.415 e. The lowest BCUT2D eigenvalue weighted by atomic mass is 10.0. The van der Waals surface area contributed by atoms with E-state index in [2.05, 4.69) is 10.1 Å². The summed E-state index contributed by atoms with van der Waals surface area (Å²) in [6.45, 7) is 3.36. The molecule has 1 aromatic carbocycles. The van der Waals surface area contributed by atoms with Gasteiger partial charge in [0.15, 0.2) is 11.5 Å². The standard InChI is InChI=1S/C18H17N3O4S/c1-2-23-14-5-3-4-6-15(14)24-18(22)21-9-13(10-21)17-19-16(20-25-17)12-7-8-26-11-12/h3-8,11,13H,2,9-10H2,1H3. The summed E-state index contributed by atoms with van der Waals surface area (Å²) >= 11 is 1.58. The Morgan fingerprint density at radius 1 is 1.31 bits per heavy atom. The molecule has 0 spiro atoms. The van der Waals surface area contributed by atoms with Gasteiger partial charge in [-0.05, 0) is 30.5 Å². The number of amides is 1. The van der Waals surface area contributed by atoms with Crippen molar-refractivity contribution in [2.24, 2.45) is 0 Å². The van der Waals surface area contributed by atoms with E-state index in [9.17, 15) is 4.79 Å². The Kier molecular flexibility index (Phi) is 4.57. The second-order valence-electron chi connectivity index (χ2n) is 5.82. The average molecular weight is 371 g/mol. The molecule has 1 fully saturated rings. The minimum Gasteiger partial charge on any atom is -0.490 e. The van der Waals surface area contributed by atoms with E-state index in [0.29, 0.717) is 42.9 Å². The number of carbonyl (C=O) groups is 1. The Morgan fingerprint density at radius 3 is 2.85 bits per heavy atom. The highest BCUT2D eigenvalue weighted by Crippen LogP contribution is 2.31. The summed E-state index contributed by atoms with van der Waals surface area (Å²) in [5, 5.41) is 7.93. The van der Waals surface area contributed by atoms with Gasteiger partial charge in [-0.2, -0.15) is 16.3 Å². The van der Waals surface area contributed by atoms with Gasteiger partial charge in [0.25, 0.3) is 0 Å². The first-order valence-electron chi connectivity index (χ1n) is 8.29. The highest BCUT2D eigenvalue weighted by molar-refractivity contribution is 7.08. The Hall–Kier alpha value is -2.87. The maximum atomic E-state index is 12.3. The molecule has 0 unspecified atom stereocenters. The third-order valence-electron chi connectivity index (χ3n) is 4.06. The van der Waals surface area contributed by atoms with Crippen molar-refractivity contribution in [1.82, 2.24) is 15.0 Å². The fourth-order valence-corrected chi connectivity index (χ4v) is 3.30. The van der Waals surface area contributed by atoms with Crippen LogP contribution in [0.4, 0.5) is 4.79 Å². The second kappa shape index (κ2) is 7.17. The first kappa shape index (κ1) is 16.6. The SMILES string of the molecule is CCOc1ccccc1OC(=O)N1CC(c2nc(-c3ccsc3)no2)C1. The van der Waals surface area contributed by atoms with Gasteiger partial charge in [0.1, 0.15) is 0 Å². The van der Waals surface area contributed by atoms with Gasteiger partial charge in [-0.3, -0.25) is 0 Å². The van der Waals surface area contributed by atoms with E-state index in [0.717, 1.165) is 5.56 Å². The van der Waals surface area contributed by atoms with E-state index in [1.165, 1.54) is 0 Å². The summed E-state index contributed by atoms with van der Waals surface area (Å²) in [5.41, 5.74) is 0.938. The Labute approximate surface area is 154 Å². The van der Waals surface area contributed by atoms with Crippen LogP contribution in [0.5, 0.6) is 11.5 Å². The number of aromatic nitrogens is 2. The summed E-state index contributed by atoms with van der Waals surface area (Å²) < 4.78 is 16.3. The number of benzene rings is 1. The van der Waals surface area contributed by atoms with Gasteiger partial charge in [0.05, 0.1) is 12.5 Å². The van der Waals surface area contributed by atoms with Gasteiger partial charge in [0, 0.05) is 24.0 Å². The summed E-state index contributed by atoms with van der Waals surface area (Å²) in [6.07, 6.45) is -0.411. The van der Waals surface area contributed by atoms with E-state index in [-0.39, 0.29) is 5.92 Å². The summed E-state index contributed by atoms with van der Waals surface area (Å²) in [4.78, 5) is 18.3. The van der Waals surface area contributed by atoms with Crippen molar-refractivity contribution < 1.29 is 18.8 Å². The van der Waals surface area contributed by atoms with E-state index in [4.69, 9.17) is 14.0 Å². The maximum absolute atomic E-state index is 12.3. The Balaban J connectivity index is 1.35. The van der Waals surface area contributed by atoms with Crippen molar-refractivity contribution in [1.29, 1.82) is 0 Å². The lowest BCUT2D eigenvalue weighted by molar-refractivity contribution is 0.101. The number of para-hydroxylation sites is 2. The molecule has 0 bridgehead atoms. The Morgan fingerprint density at radius 2 is 2.12 bits per heavy atom. The number of thiophene rings is 1. The van der Waals surface area contributed by atoms with Crippen molar-refractivity contribution in [2.45, 2.75) is 12.8 Å². The second-order valence-corrected chi connectivity index (χ2v) is 6.60. The van der Waals surface area contributed by atoms with Gasteiger partial charge in [-0.15, -0.1) is 0 Å². The molecule has 0 saturated carbocycles. The number of hydrogen-bond donors (Lipinski definition) is 0. The number of hydrogen-bond acceptors (Lipinski definition) is 7. The van der Waals surface area contributed by atoms with Crippen LogP contribution in [0.1, 0.15) is 18.7 Å². The molecule has 2 aromatic heterocycles. The van der Waals surface area contributed by atoms with Crippen LogP contribution in [0.3, 0.4) is 0 Å². The molecule has 4 rings (SSSR count). The normalized spacial score (nSPS) is 14.1. The van der Waals surface area contributed by atoms with E-state index in [1.54, 1.807) is 34.4 Å². The minimum absolute atomic E-state index is 0.0320. The molecule has 1 aliphatic rings. The highest BCUT2D eigenvalue weighted by Gasteiger charge is 2.37. The van der Waals surface area contributed by atoms with E-state index < -0.39 is 6.09 Å². The fourth-order valence-electron chi connectivity index (χ4n) is 2.66. The number of carbonyl (C=O) groups excluding carboxylic acids is 1. The molecule has 7 nitrogen and oxygen atoms in total. The van der Waals surface area contributed by atoms with Crippen molar-refractivity contribution in [2.75, 3.05) is 19.7 Å². The number of likely N-dealkylation sites (tertiary alicyclic amines) is 1. The minimum atomic E-state index is -0.411. The average Bonchev–Trinajstić information content (AvgIpc) is 3.26. The van der Waals surface area contributed by atoms with Gasteiger partial charge < -0.3 is 18.9 Å². The zero-order chi connectivity index (χ0) is 17.9.